The number of carbonyl (C=O) groups is 3. The summed E-state index contributed by atoms with van der Waals surface area (Å²) in [4.78, 5) is 35.7. The lowest BCUT2D eigenvalue weighted by atomic mass is 10.0. The molecule has 208 valence electrons. The average molecular weight is 541 g/mol. The first-order valence-electron chi connectivity index (χ1n) is 12.7. The summed E-state index contributed by atoms with van der Waals surface area (Å²) in [6.07, 6.45) is 12.5. The summed E-state index contributed by atoms with van der Waals surface area (Å²) in [5.74, 6) is -2.04. The quantitative estimate of drug-likeness (QED) is 0.346. The molecule has 0 amide bonds. The third kappa shape index (κ3) is 9.90. The smallest absolute Gasteiger partial charge is 0.328 e. The van der Waals surface area contributed by atoms with Gasteiger partial charge in [0.2, 0.25) is 0 Å². The molecule has 1 fully saturated rings. The first-order chi connectivity index (χ1) is 18.7. The number of ketones is 1. The fourth-order valence-electron chi connectivity index (χ4n) is 4.27. The topological polar surface area (TPSA) is 121 Å². The summed E-state index contributed by atoms with van der Waals surface area (Å²) >= 11 is 0. The SMILES string of the molecule is CN(C=c1cc2c(o1)=CC=CC2=O)C1CCN(CCCCOc2ccc(F)cc2)CC1.O=C(O)/C=C\C(=O)O. The number of hydrogen-bond acceptors (Lipinski definition) is 7. The van der Waals surface area contributed by atoms with Crippen LogP contribution in [-0.4, -0.2) is 77.1 Å². The molecule has 1 aliphatic carbocycles. The zero-order valence-electron chi connectivity index (χ0n) is 21.8. The van der Waals surface area contributed by atoms with E-state index in [1.807, 2.05) is 18.3 Å². The molecule has 2 aliphatic rings. The lowest BCUT2D eigenvalue weighted by molar-refractivity contribution is -0.134. The zero-order chi connectivity index (χ0) is 28.2. The number of halogens is 1. The number of benzene rings is 1. The van der Waals surface area contributed by atoms with Gasteiger partial charge in [-0.05, 0) is 74.7 Å². The normalized spacial score (nSPS) is 15.8. The minimum Gasteiger partial charge on any atom is -0.494 e. The van der Waals surface area contributed by atoms with Gasteiger partial charge >= 0.3 is 11.9 Å². The van der Waals surface area contributed by atoms with Crippen LogP contribution in [0.15, 0.2) is 59.1 Å². The number of piperidine rings is 1. The van der Waals surface area contributed by atoms with E-state index in [0.717, 1.165) is 56.5 Å². The van der Waals surface area contributed by atoms with Crippen molar-refractivity contribution in [3.05, 3.63) is 76.8 Å². The van der Waals surface area contributed by atoms with E-state index in [9.17, 15) is 18.8 Å². The van der Waals surface area contributed by atoms with Crippen LogP contribution in [0.1, 0.15) is 36.0 Å². The van der Waals surface area contributed by atoms with Gasteiger partial charge in [0.25, 0.3) is 0 Å². The van der Waals surface area contributed by atoms with Crippen LogP contribution in [0.3, 0.4) is 0 Å². The van der Waals surface area contributed by atoms with Gasteiger partial charge < -0.3 is 29.2 Å². The second-order valence-electron chi connectivity index (χ2n) is 9.20. The van der Waals surface area contributed by atoms with Gasteiger partial charge in [-0.15, -0.1) is 0 Å². The number of rotatable bonds is 10. The Balaban J connectivity index is 0.000000459. The summed E-state index contributed by atoms with van der Waals surface area (Å²) in [6.45, 7) is 3.88. The number of carboxylic acids is 2. The number of nitrogens with zero attached hydrogens (tertiary/aromatic N) is 2. The molecule has 0 atom stereocenters. The van der Waals surface area contributed by atoms with Crippen LogP contribution in [0.25, 0.3) is 12.3 Å². The van der Waals surface area contributed by atoms with Gasteiger partial charge in [0.15, 0.2) is 5.78 Å². The van der Waals surface area contributed by atoms with E-state index in [1.165, 1.54) is 12.1 Å². The maximum Gasteiger partial charge on any atom is 0.328 e. The predicted octanol–water partition coefficient (Wildman–Crippen LogP) is 2.66. The van der Waals surface area contributed by atoms with Crippen molar-refractivity contribution in [3.63, 3.8) is 0 Å². The first kappa shape index (κ1) is 29.4. The summed E-state index contributed by atoms with van der Waals surface area (Å²) in [5, 5.41) is 15.6. The molecule has 0 bridgehead atoms. The summed E-state index contributed by atoms with van der Waals surface area (Å²) in [7, 11) is 2.08. The van der Waals surface area contributed by atoms with Crippen LogP contribution in [0.5, 0.6) is 5.75 Å². The second kappa shape index (κ2) is 14.7. The minimum atomic E-state index is -1.26. The lowest BCUT2D eigenvalue weighted by Gasteiger charge is -2.36. The van der Waals surface area contributed by atoms with Crippen molar-refractivity contribution in [1.29, 1.82) is 0 Å². The van der Waals surface area contributed by atoms with Crippen molar-refractivity contribution in [2.45, 2.75) is 31.7 Å². The molecule has 1 aliphatic heterocycles. The molecule has 10 heteroatoms. The number of carbonyl (C=O) groups excluding carboxylic acids is 1. The third-order valence-corrected chi connectivity index (χ3v) is 6.32. The zero-order valence-corrected chi connectivity index (χ0v) is 21.8. The predicted molar refractivity (Wildman–Crippen MR) is 143 cm³/mol. The Morgan fingerprint density at radius 2 is 1.79 bits per heavy atom. The highest BCUT2D eigenvalue weighted by Crippen LogP contribution is 2.17. The van der Waals surface area contributed by atoms with E-state index in [1.54, 1.807) is 24.3 Å². The van der Waals surface area contributed by atoms with Gasteiger partial charge in [-0.3, -0.25) is 4.79 Å². The standard InChI is InChI=1S/C25H29FN2O3.C4H4O4/c1-27(18-22-17-23-24(29)5-4-6-25(23)31-22)20-11-14-28(15-12-20)13-2-3-16-30-21-9-7-19(26)8-10-21;5-3(6)1-2-4(7)8/h4-10,17-18,20H,2-3,11-16H2,1H3;1-2H,(H,5,6)(H,7,8)/b;2-1-. The Morgan fingerprint density at radius 1 is 1.13 bits per heavy atom. The molecule has 39 heavy (non-hydrogen) atoms. The Hall–Kier alpha value is -4.18. The number of likely N-dealkylation sites (tertiary alicyclic amines) is 1. The van der Waals surface area contributed by atoms with Crippen LogP contribution < -0.4 is 15.6 Å². The van der Waals surface area contributed by atoms with Crippen LogP contribution in [-0.2, 0) is 9.59 Å². The van der Waals surface area contributed by atoms with Gasteiger partial charge in [0.05, 0.1) is 12.2 Å². The summed E-state index contributed by atoms with van der Waals surface area (Å²) in [6, 6.07) is 8.47. The van der Waals surface area contributed by atoms with Crippen LogP contribution in [0.2, 0.25) is 0 Å². The van der Waals surface area contributed by atoms with Gasteiger partial charge in [-0.1, -0.05) is 6.08 Å². The van der Waals surface area contributed by atoms with E-state index >= 15 is 0 Å². The summed E-state index contributed by atoms with van der Waals surface area (Å²) < 4.78 is 24.4. The van der Waals surface area contributed by atoms with Crippen molar-refractivity contribution in [1.82, 2.24) is 9.80 Å². The fraction of sp³-hybridized carbons (Fsp3) is 0.345. The molecule has 0 spiro atoms. The lowest BCUT2D eigenvalue weighted by Crippen LogP contribution is -2.42. The number of carboxylic acid groups (broad SMARTS) is 2. The van der Waals surface area contributed by atoms with Gasteiger partial charge in [0.1, 0.15) is 22.4 Å². The molecule has 1 aromatic carbocycles. The molecule has 0 unspecified atom stereocenters. The van der Waals surface area contributed by atoms with Crippen molar-refractivity contribution in [2.24, 2.45) is 0 Å². The average Bonchev–Trinajstić information content (AvgIpc) is 3.33. The van der Waals surface area contributed by atoms with E-state index in [4.69, 9.17) is 19.4 Å². The van der Waals surface area contributed by atoms with Crippen LogP contribution in [0.4, 0.5) is 4.39 Å². The Kier molecular flexibility index (Phi) is 11.1. The summed E-state index contributed by atoms with van der Waals surface area (Å²) in [5.41, 5.74) is 2.01. The Morgan fingerprint density at radius 3 is 2.41 bits per heavy atom. The van der Waals surface area contributed by atoms with Gasteiger partial charge in [-0.25, -0.2) is 14.0 Å². The molecule has 2 heterocycles. The largest absolute Gasteiger partial charge is 0.494 e. The molecule has 9 nitrogen and oxygen atoms in total. The van der Waals surface area contributed by atoms with E-state index in [-0.39, 0.29) is 11.6 Å². The number of ether oxygens (including phenoxy) is 1. The number of furan rings is 1. The van der Waals surface area contributed by atoms with Crippen molar-refractivity contribution < 1.29 is 38.1 Å². The fourth-order valence-corrected chi connectivity index (χ4v) is 4.27. The van der Waals surface area contributed by atoms with E-state index < -0.39 is 11.9 Å². The number of unbranched alkanes of at least 4 members (excludes halogenated alkanes) is 1. The number of aliphatic carboxylic acids is 2. The minimum absolute atomic E-state index is 0.0000677. The molecule has 1 aromatic heterocycles. The number of hydrogen-bond donors (Lipinski definition) is 2. The second-order valence-corrected chi connectivity index (χ2v) is 9.20. The van der Waals surface area contributed by atoms with Crippen molar-refractivity contribution in [3.8, 4) is 5.75 Å². The van der Waals surface area contributed by atoms with E-state index in [2.05, 4.69) is 16.8 Å². The van der Waals surface area contributed by atoms with Crippen molar-refractivity contribution >= 4 is 30.0 Å². The third-order valence-electron chi connectivity index (χ3n) is 6.32. The van der Waals surface area contributed by atoms with Crippen LogP contribution in [0, 0.1) is 5.82 Å². The van der Waals surface area contributed by atoms with Crippen molar-refractivity contribution in [2.75, 3.05) is 33.3 Å². The molecule has 2 aromatic rings. The molecule has 2 N–H and O–H groups in total. The van der Waals surface area contributed by atoms with Gasteiger partial charge in [0, 0.05) is 44.5 Å². The Labute approximate surface area is 225 Å². The molecular formula is C29H33FN2O7. The number of fused-ring (bicyclic) bond motifs is 1. The molecule has 1 saturated heterocycles. The highest BCUT2D eigenvalue weighted by atomic mass is 19.1. The first-order valence-corrected chi connectivity index (χ1v) is 12.7. The maximum absolute atomic E-state index is 12.9. The monoisotopic (exact) mass is 540 g/mol. The van der Waals surface area contributed by atoms with Gasteiger partial charge in [-0.2, -0.15) is 0 Å². The molecular weight excluding hydrogens is 507 g/mol. The van der Waals surface area contributed by atoms with E-state index in [0.29, 0.717) is 35.8 Å². The molecule has 0 radical (unpaired) electrons. The number of allylic oxidation sites excluding steroid dienone is 2. The highest BCUT2D eigenvalue weighted by Gasteiger charge is 2.21. The Bertz CT molecular complexity index is 1290. The molecule has 4 rings (SSSR count). The highest BCUT2D eigenvalue weighted by molar-refractivity contribution is 6.06. The maximum atomic E-state index is 12.9. The molecule has 0 saturated carbocycles. The van der Waals surface area contributed by atoms with Crippen LogP contribution >= 0.6 is 0 Å².